The van der Waals surface area contributed by atoms with E-state index < -0.39 is 5.97 Å². The second kappa shape index (κ2) is 5.20. The van der Waals surface area contributed by atoms with Crippen LogP contribution in [0.5, 0.6) is 0 Å². The summed E-state index contributed by atoms with van der Waals surface area (Å²) in [6.07, 6.45) is 8.87. The minimum absolute atomic E-state index is 0.0856. The summed E-state index contributed by atoms with van der Waals surface area (Å²) in [5.74, 6) is 2.58. The van der Waals surface area contributed by atoms with Gasteiger partial charge in [0.15, 0.2) is 0 Å². The Balaban J connectivity index is 1.41. The Morgan fingerprint density at radius 1 is 1.06 bits per heavy atom. The van der Waals surface area contributed by atoms with Crippen LogP contribution >= 0.6 is 0 Å². The summed E-state index contributed by atoms with van der Waals surface area (Å²) in [5, 5.41) is 12.7. The van der Waals surface area contributed by atoms with Crippen molar-refractivity contribution in [2.45, 2.75) is 44.9 Å². The van der Waals surface area contributed by atoms with Crippen LogP contribution in [0.3, 0.4) is 0 Å². The van der Waals surface area contributed by atoms with E-state index in [1.807, 2.05) is 0 Å². The number of hydrogen-bond donors (Lipinski definition) is 2. The average Bonchev–Trinajstić information content (AvgIpc) is 3.03. The van der Waals surface area contributed by atoms with Crippen molar-refractivity contribution in [3.63, 3.8) is 0 Å². The molecule has 5 atom stereocenters. The van der Waals surface area contributed by atoms with Gasteiger partial charge in [-0.3, -0.25) is 4.79 Å². The average molecular weight is 251 g/mol. The lowest BCUT2D eigenvalue weighted by atomic mass is 9.88. The van der Waals surface area contributed by atoms with Crippen LogP contribution in [0.1, 0.15) is 44.9 Å². The van der Waals surface area contributed by atoms with Crippen LogP contribution in [0, 0.1) is 29.6 Å². The quantitative estimate of drug-likeness (QED) is 0.789. The van der Waals surface area contributed by atoms with E-state index in [1.165, 1.54) is 25.7 Å². The van der Waals surface area contributed by atoms with E-state index in [0.717, 1.165) is 50.1 Å². The van der Waals surface area contributed by atoms with Gasteiger partial charge in [-0.1, -0.05) is 12.8 Å². The summed E-state index contributed by atoms with van der Waals surface area (Å²) in [4.78, 5) is 11.1. The summed E-state index contributed by atoms with van der Waals surface area (Å²) in [6, 6.07) is 0. The maximum Gasteiger partial charge on any atom is 0.306 e. The molecule has 102 valence electrons. The Bertz CT molecular complexity index is 318. The van der Waals surface area contributed by atoms with E-state index in [1.54, 1.807) is 0 Å². The number of carbonyl (C=O) groups is 1. The highest BCUT2D eigenvalue weighted by molar-refractivity contribution is 5.70. The molecule has 0 aromatic carbocycles. The van der Waals surface area contributed by atoms with Gasteiger partial charge in [-0.2, -0.15) is 0 Å². The molecule has 3 saturated carbocycles. The molecule has 3 aliphatic rings. The molecular weight excluding hydrogens is 226 g/mol. The number of rotatable bonds is 5. The number of carboxylic acids is 1. The van der Waals surface area contributed by atoms with Crippen LogP contribution in [0.2, 0.25) is 0 Å². The normalized spacial score (nSPS) is 42.6. The van der Waals surface area contributed by atoms with Crippen molar-refractivity contribution >= 4 is 5.97 Å². The number of carboxylic acid groups (broad SMARTS) is 1. The number of aliphatic carboxylic acids is 1. The third-order valence-corrected chi connectivity index (χ3v) is 5.67. The van der Waals surface area contributed by atoms with Gasteiger partial charge in [0.05, 0.1) is 5.92 Å². The minimum Gasteiger partial charge on any atom is -0.481 e. The Labute approximate surface area is 109 Å². The van der Waals surface area contributed by atoms with E-state index in [4.69, 9.17) is 5.11 Å². The largest absolute Gasteiger partial charge is 0.481 e. The maximum absolute atomic E-state index is 11.1. The molecule has 0 aromatic heterocycles. The van der Waals surface area contributed by atoms with E-state index in [0.29, 0.717) is 5.92 Å². The second-order valence-electron chi connectivity index (χ2n) is 6.73. The van der Waals surface area contributed by atoms with Crippen molar-refractivity contribution < 1.29 is 9.90 Å². The zero-order valence-electron chi connectivity index (χ0n) is 11.1. The molecule has 0 amide bonds. The standard InChI is InChI=1S/C15H25NO2/c17-15(18)14-3-1-2-12(14)8-16-9-13-7-10-4-5-11(13)6-10/h10-14,16H,1-9H2,(H,17,18). The fourth-order valence-corrected chi connectivity index (χ4v) is 4.69. The fourth-order valence-electron chi connectivity index (χ4n) is 4.69. The molecule has 5 unspecified atom stereocenters. The highest BCUT2D eigenvalue weighted by Gasteiger charge is 2.39. The van der Waals surface area contributed by atoms with Crippen molar-refractivity contribution in [2.24, 2.45) is 29.6 Å². The third-order valence-electron chi connectivity index (χ3n) is 5.67. The van der Waals surface area contributed by atoms with E-state index in [2.05, 4.69) is 5.32 Å². The molecule has 18 heavy (non-hydrogen) atoms. The van der Waals surface area contributed by atoms with Crippen molar-refractivity contribution in [3.8, 4) is 0 Å². The first kappa shape index (κ1) is 12.5. The molecule has 0 heterocycles. The van der Waals surface area contributed by atoms with E-state index >= 15 is 0 Å². The van der Waals surface area contributed by atoms with Gasteiger partial charge in [0, 0.05) is 0 Å². The van der Waals surface area contributed by atoms with Crippen LogP contribution in [0.4, 0.5) is 0 Å². The molecule has 0 saturated heterocycles. The van der Waals surface area contributed by atoms with Crippen LogP contribution < -0.4 is 5.32 Å². The Kier molecular flexibility index (Phi) is 3.60. The van der Waals surface area contributed by atoms with Crippen LogP contribution in [0.25, 0.3) is 0 Å². The smallest absolute Gasteiger partial charge is 0.306 e. The van der Waals surface area contributed by atoms with Crippen LogP contribution in [-0.2, 0) is 4.79 Å². The molecule has 0 radical (unpaired) electrons. The maximum atomic E-state index is 11.1. The Morgan fingerprint density at radius 2 is 1.89 bits per heavy atom. The van der Waals surface area contributed by atoms with Gasteiger partial charge in [0.1, 0.15) is 0 Å². The first-order valence-corrected chi connectivity index (χ1v) is 7.67. The van der Waals surface area contributed by atoms with Gasteiger partial charge in [-0.15, -0.1) is 0 Å². The van der Waals surface area contributed by atoms with E-state index in [9.17, 15) is 4.79 Å². The first-order valence-electron chi connectivity index (χ1n) is 7.67. The van der Waals surface area contributed by atoms with Gasteiger partial charge >= 0.3 is 5.97 Å². The molecule has 3 aliphatic carbocycles. The van der Waals surface area contributed by atoms with Crippen LogP contribution in [0.15, 0.2) is 0 Å². The van der Waals surface area contributed by atoms with Crippen molar-refractivity contribution in [1.82, 2.24) is 5.32 Å². The summed E-state index contributed by atoms with van der Waals surface area (Å²) in [7, 11) is 0. The zero-order chi connectivity index (χ0) is 12.5. The first-order chi connectivity index (χ1) is 8.74. The Hall–Kier alpha value is -0.570. The lowest BCUT2D eigenvalue weighted by Gasteiger charge is -2.23. The molecular formula is C15H25NO2. The number of fused-ring (bicyclic) bond motifs is 2. The van der Waals surface area contributed by atoms with Crippen LogP contribution in [-0.4, -0.2) is 24.2 Å². The molecule has 3 fully saturated rings. The molecule has 3 heteroatoms. The van der Waals surface area contributed by atoms with Gasteiger partial charge in [0.2, 0.25) is 0 Å². The molecule has 0 spiro atoms. The number of nitrogens with one attached hydrogen (secondary N) is 1. The lowest BCUT2D eigenvalue weighted by Crippen LogP contribution is -2.33. The van der Waals surface area contributed by atoms with Gasteiger partial charge in [-0.25, -0.2) is 0 Å². The highest BCUT2D eigenvalue weighted by atomic mass is 16.4. The summed E-state index contributed by atoms with van der Waals surface area (Å²) in [6.45, 7) is 2.05. The summed E-state index contributed by atoms with van der Waals surface area (Å²) in [5.41, 5.74) is 0. The molecule has 2 bridgehead atoms. The second-order valence-corrected chi connectivity index (χ2v) is 6.73. The molecule has 0 aromatic rings. The summed E-state index contributed by atoms with van der Waals surface area (Å²) >= 11 is 0. The van der Waals surface area contributed by atoms with Gasteiger partial charge in [0.25, 0.3) is 0 Å². The molecule has 0 aliphatic heterocycles. The third kappa shape index (κ3) is 2.42. The topological polar surface area (TPSA) is 49.3 Å². The predicted molar refractivity (Wildman–Crippen MR) is 70.3 cm³/mol. The van der Waals surface area contributed by atoms with Crippen molar-refractivity contribution in [2.75, 3.05) is 13.1 Å². The summed E-state index contributed by atoms with van der Waals surface area (Å²) < 4.78 is 0. The monoisotopic (exact) mass is 251 g/mol. The Morgan fingerprint density at radius 3 is 2.56 bits per heavy atom. The molecule has 3 nitrogen and oxygen atoms in total. The molecule has 2 N–H and O–H groups in total. The fraction of sp³-hybridized carbons (Fsp3) is 0.933. The minimum atomic E-state index is -0.584. The van der Waals surface area contributed by atoms with Gasteiger partial charge < -0.3 is 10.4 Å². The predicted octanol–water partition coefficient (Wildman–Crippen LogP) is 2.51. The SMILES string of the molecule is O=C(O)C1CCCC1CNCC1CC2CCC1C2. The van der Waals surface area contributed by atoms with E-state index in [-0.39, 0.29) is 5.92 Å². The van der Waals surface area contributed by atoms with Gasteiger partial charge in [-0.05, 0) is 68.9 Å². The van der Waals surface area contributed by atoms with Crippen molar-refractivity contribution in [1.29, 1.82) is 0 Å². The zero-order valence-corrected chi connectivity index (χ0v) is 11.1. The number of hydrogen-bond acceptors (Lipinski definition) is 2. The van der Waals surface area contributed by atoms with Crippen molar-refractivity contribution in [3.05, 3.63) is 0 Å². The lowest BCUT2D eigenvalue weighted by molar-refractivity contribution is -0.142. The molecule has 3 rings (SSSR count). The highest BCUT2D eigenvalue weighted by Crippen LogP contribution is 2.48.